The maximum Gasteiger partial charge on any atom is 0.339 e. The van der Waals surface area contributed by atoms with Crippen molar-refractivity contribution >= 4 is 17.6 Å². The number of ether oxygens (including phenoxy) is 1. The largest absolute Gasteiger partial charge is 0.462 e. The summed E-state index contributed by atoms with van der Waals surface area (Å²) in [6.07, 6.45) is 0. The molecule has 1 rings (SSSR count). The molecule has 0 aromatic heterocycles. The number of esters is 1. The van der Waals surface area contributed by atoms with Crippen LogP contribution in [0.2, 0.25) is 5.02 Å². The smallest absolute Gasteiger partial charge is 0.339 e. The molecule has 0 radical (unpaired) electrons. The standard InChI is InChI=1S/C11H10ClNO2/c1-3-15-11(14)9-5-4-8(6-13)7(2)10(9)12/h4-5H,3H2,1-2H3. The van der Waals surface area contributed by atoms with E-state index in [0.29, 0.717) is 23.3 Å². The van der Waals surface area contributed by atoms with Gasteiger partial charge in [0.05, 0.1) is 28.8 Å². The SMILES string of the molecule is CCOC(=O)c1ccc(C#N)c(C)c1Cl. The van der Waals surface area contributed by atoms with E-state index in [-0.39, 0.29) is 5.02 Å². The van der Waals surface area contributed by atoms with Crippen molar-refractivity contribution in [3.05, 3.63) is 33.8 Å². The minimum atomic E-state index is -0.463. The zero-order valence-corrected chi connectivity index (χ0v) is 9.26. The topological polar surface area (TPSA) is 50.1 Å². The molecule has 0 N–H and O–H groups in total. The number of carbonyl (C=O) groups excluding carboxylic acids is 1. The molecule has 1 aromatic carbocycles. The van der Waals surface area contributed by atoms with Crippen molar-refractivity contribution in [3.63, 3.8) is 0 Å². The molecule has 0 amide bonds. The molecule has 0 fully saturated rings. The molecule has 0 bridgehead atoms. The summed E-state index contributed by atoms with van der Waals surface area (Å²) in [5.41, 5.74) is 1.37. The third-order valence-electron chi connectivity index (χ3n) is 2.00. The van der Waals surface area contributed by atoms with E-state index in [1.807, 2.05) is 6.07 Å². The third-order valence-corrected chi connectivity index (χ3v) is 2.49. The summed E-state index contributed by atoms with van der Waals surface area (Å²) in [4.78, 5) is 11.4. The average Bonchev–Trinajstić information content (AvgIpc) is 2.22. The number of hydrogen-bond acceptors (Lipinski definition) is 3. The molecule has 3 nitrogen and oxygen atoms in total. The van der Waals surface area contributed by atoms with E-state index in [1.54, 1.807) is 19.9 Å². The number of halogens is 1. The second kappa shape index (κ2) is 4.81. The first kappa shape index (κ1) is 11.5. The summed E-state index contributed by atoms with van der Waals surface area (Å²) in [7, 11) is 0. The van der Waals surface area contributed by atoms with Gasteiger partial charge in [0.2, 0.25) is 0 Å². The number of carbonyl (C=O) groups is 1. The number of hydrogen-bond donors (Lipinski definition) is 0. The van der Waals surface area contributed by atoms with Gasteiger partial charge in [0.15, 0.2) is 0 Å². The summed E-state index contributed by atoms with van der Waals surface area (Å²) >= 11 is 5.96. The number of nitrogens with zero attached hydrogens (tertiary/aromatic N) is 1. The van der Waals surface area contributed by atoms with Crippen LogP contribution in [-0.4, -0.2) is 12.6 Å². The summed E-state index contributed by atoms with van der Waals surface area (Å²) in [5, 5.41) is 9.04. The molecule has 0 atom stereocenters. The van der Waals surface area contributed by atoms with E-state index in [1.165, 1.54) is 6.07 Å². The van der Waals surface area contributed by atoms with Crippen LogP contribution in [0.3, 0.4) is 0 Å². The van der Waals surface area contributed by atoms with Crippen LogP contribution in [0.1, 0.15) is 28.4 Å². The van der Waals surface area contributed by atoms with Crippen molar-refractivity contribution in [3.8, 4) is 6.07 Å². The highest BCUT2D eigenvalue weighted by molar-refractivity contribution is 6.34. The van der Waals surface area contributed by atoms with Gasteiger partial charge in [-0.05, 0) is 31.5 Å². The summed E-state index contributed by atoms with van der Waals surface area (Å²) < 4.78 is 4.83. The van der Waals surface area contributed by atoms with Crippen molar-refractivity contribution in [2.45, 2.75) is 13.8 Å². The van der Waals surface area contributed by atoms with E-state index in [2.05, 4.69) is 0 Å². The lowest BCUT2D eigenvalue weighted by atomic mass is 10.1. The van der Waals surface area contributed by atoms with E-state index in [0.717, 1.165) is 0 Å². The van der Waals surface area contributed by atoms with Crippen molar-refractivity contribution in [1.82, 2.24) is 0 Å². The van der Waals surface area contributed by atoms with Gasteiger partial charge in [-0.2, -0.15) is 5.26 Å². The lowest BCUT2D eigenvalue weighted by molar-refractivity contribution is 0.0526. The Morgan fingerprint density at radius 2 is 2.27 bits per heavy atom. The van der Waals surface area contributed by atoms with Gasteiger partial charge in [-0.15, -0.1) is 0 Å². The van der Waals surface area contributed by atoms with Crippen LogP contribution < -0.4 is 0 Å². The molecule has 0 saturated heterocycles. The number of nitriles is 1. The first-order valence-corrected chi connectivity index (χ1v) is 4.86. The van der Waals surface area contributed by atoms with Crippen LogP contribution in [0.15, 0.2) is 12.1 Å². The molecule has 78 valence electrons. The van der Waals surface area contributed by atoms with E-state index in [9.17, 15) is 4.79 Å². The van der Waals surface area contributed by atoms with Gasteiger partial charge in [-0.25, -0.2) is 4.79 Å². The van der Waals surface area contributed by atoms with Crippen molar-refractivity contribution in [2.75, 3.05) is 6.61 Å². The molecule has 0 aliphatic heterocycles. The Labute approximate surface area is 93.2 Å². The van der Waals surface area contributed by atoms with Crippen LogP contribution in [0.25, 0.3) is 0 Å². The Balaban J connectivity index is 3.19. The fraction of sp³-hybridized carbons (Fsp3) is 0.273. The maximum atomic E-state index is 11.4. The number of benzene rings is 1. The zero-order chi connectivity index (χ0) is 11.4. The molecular formula is C11H10ClNO2. The Kier molecular flexibility index (Phi) is 3.70. The van der Waals surface area contributed by atoms with Crippen LogP contribution in [-0.2, 0) is 4.74 Å². The van der Waals surface area contributed by atoms with Gasteiger partial charge in [0.1, 0.15) is 0 Å². The summed E-state index contributed by atoms with van der Waals surface area (Å²) in [6.45, 7) is 3.72. The van der Waals surface area contributed by atoms with Gasteiger partial charge in [0, 0.05) is 0 Å². The van der Waals surface area contributed by atoms with Gasteiger partial charge in [0.25, 0.3) is 0 Å². The molecule has 4 heteroatoms. The highest BCUT2D eigenvalue weighted by Crippen LogP contribution is 2.24. The van der Waals surface area contributed by atoms with Crippen LogP contribution in [0.4, 0.5) is 0 Å². The molecule has 15 heavy (non-hydrogen) atoms. The quantitative estimate of drug-likeness (QED) is 0.725. The van der Waals surface area contributed by atoms with Crippen LogP contribution in [0, 0.1) is 18.3 Å². The Bertz CT molecular complexity index is 435. The first-order valence-electron chi connectivity index (χ1n) is 4.48. The Morgan fingerprint density at radius 3 is 2.80 bits per heavy atom. The second-order valence-electron chi connectivity index (χ2n) is 2.93. The van der Waals surface area contributed by atoms with Crippen molar-refractivity contribution in [1.29, 1.82) is 5.26 Å². The zero-order valence-electron chi connectivity index (χ0n) is 8.50. The van der Waals surface area contributed by atoms with E-state index >= 15 is 0 Å². The second-order valence-corrected chi connectivity index (χ2v) is 3.31. The molecule has 0 spiro atoms. The first-order chi connectivity index (χ1) is 7.11. The van der Waals surface area contributed by atoms with Crippen LogP contribution >= 0.6 is 11.6 Å². The van der Waals surface area contributed by atoms with Gasteiger partial charge >= 0.3 is 5.97 Å². The fourth-order valence-corrected chi connectivity index (χ4v) is 1.41. The third kappa shape index (κ3) is 2.28. The molecule has 0 saturated carbocycles. The van der Waals surface area contributed by atoms with Gasteiger partial charge < -0.3 is 4.74 Å². The molecule has 1 aromatic rings. The van der Waals surface area contributed by atoms with E-state index in [4.69, 9.17) is 21.6 Å². The van der Waals surface area contributed by atoms with Crippen LogP contribution in [0.5, 0.6) is 0 Å². The van der Waals surface area contributed by atoms with E-state index < -0.39 is 5.97 Å². The lowest BCUT2D eigenvalue weighted by Crippen LogP contribution is -2.06. The minimum absolute atomic E-state index is 0.285. The highest BCUT2D eigenvalue weighted by Gasteiger charge is 2.14. The monoisotopic (exact) mass is 223 g/mol. The Hall–Kier alpha value is -1.53. The highest BCUT2D eigenvalue weighted by atomic mass is 35.5. The van der Waals surface area contributed by atoms with Crippen molar-refractivity contribution in [2.24, 2.45) is 0 Å². The molecule has 0 aliphatic rings. The summed E-state index contributed by atoms with van der Waals surface area (Å²) in [6, 6.07) is 5.07. The molecule has 0 heterocycles. The van der Waals surface area contributed by atoms with Crippen molar-refractivity contribution < 1.29 is 9.53 Å². The maximum absolute atomic E-state index is 11.4. The van der Waals surface area contributed by atoms with Gasteiger partial charge in [-0.3, -0.25) is 0 Å². The molecular weight excluding hydrogens is 214 g/mol. The fourth-order valence-electron chi connectivity index (χ4n) is 1.17. The molecule has 0 aliphatic carbocycles. The predicted molar refractivity (Wildman–Crippen MR) is 56.9 cm³/mol. The Morgan fingerprint density at radius 1 is 1.60 bits per heavy atom. The average molecular weight is 224 g/mol. The lowest BCUT2D eigenvalue weighted by Gasteiger charge is -2.07. The number of rotatable bonds is 2. The van der Waals surface area contributed by atoms with Gasteiger partial charge in [-0.1, -0.05) is 11.6 Å². The summed E-state index contributed by atoms with van der Waals surface area (Å²) in [5.74, 6) is -0.463. The predicted octanol–water partition coefficient (Wildman–Crippen LogP) is 2.70. The minimum Gasteiger partial charge on any atom is -0.462 e. The normalized spacial score (nSPS) is 9.47. The molecule has 0 unspecified atom stereocenters.